The Labute approximate surface area is 105 Å². The molecule has 0 aromatic heterocycles. The zero-order valence-electron chi connectivity index (χ0n) is 10.3. The summed E-state index contributed by atoms with van der Waals surface area (Å²) in [5.41, 5.74) is 7.23. The first-order valence-electron chi connectivity index (χ1n) is 5.40. The number of hydrogen-bond acceptors (Lipinski definition) is 5. The summed E-state index contributed by atoms with van der Waals surface area (Å²) >= 11 is 0. The largest absolute Gasteiger partial charge is 0.478 e. The highest BCUT2D eigenvalue weighted by atomic mass is 16.6. The van der Waals surface area contributed by atoms with Crippen LogP contribution in [0.15, 0.2) is 30.0 Å². The third-order valence-corrected chi connectivity index (χ3v) is 2.28. The van der Waals surface area contributed by atoms with Gasteiger partial charge in [-0.3, -0.25) is 15.5 Å². The fourth-order valence-electron chi connectivity index (χ4n) is 1.50. The molecule has 0 spiro atoms. The van der Waals surface area contributed by atoms with E-state index in [1.54, 1.807) is 26.0 Å². The number of nitrogens with zero attached hydrogens (tertiary/aromatic N) is 1. The van der Waals surface area contributed by atoms with E-state index in [2.05, 4.69) is 0 Å². The van der Waals surface area contributed by atoms with Gasteiger partial charge in [0.05, 0.1) is 17.1 Å². The van der Waals surface area contributed by atoms with Crippen molar-refractivity contribution in [2.45, 2.75) is 13.8 Å². The molecule has 0 unspecified atom stereocenters. The van der Waals surface area contributed by atoms with Crippen molar-refractivity contribution in [3.63, 3.8) is 0 Å². The number of nitro groups is 1. The van der Waals surface area contributed by atoms with Crippen LogP contribution in [0.2, 0.25) is 0 Å². The van der Waals surface area contributed by atoms with Gasteiger partial charge in [-0.2, -0.15) is 0 Å². The predicted octanol–water partition coefficient (Wildman–Crippen LogP) is 2.30. The molecule has 0 aliphatic heterocycles. The van der Waals surface area contributed by atoms with E-state index in [1.165, 1.54) is 12.1 Å². The van der Waals surface area contributed by atoms with Crippen molar-refractivity contribution in [1.29, 1.82) is 5.41 Å². The minimum atomic E-state index is -0.476. The van der Waals surface area contributed by atoms with E-state index in [9.17, 15) is 10.1 Å². The molecule has 6 heteroatoms. The number of nitrogens with two attached hydrogens (primary N) is 1. The van der Waals surface area contributed by atoms with Gasteiger partial charge in [-0.15, -0.1) is 0 Å². The topological polar surface area (TPSA) is 102 Å². The first kappa shape index (κ1) is 13.7. The smallest absolute Gasteiger partial charge is 0.269 e. The Hall–Kier alpha value is -2.37. The Balaban J connectivity index is 3.13. The van der Waals surface area contributed by atoms with Crippen molar-refractivity contribution in [2.24, 2.45) is 5.73 Å². The van der Waals surface area contributed by atoms with Crippen molar-refractivity contribution in [3.8, 4) is 0 Å². The molecule has 0 aliphatic carbocycles. The maximum Gasteiger partial charge on any atom is 0.269 e. The van der Waals surface area contributed by atoms with E-state index in [0.717, 1.165) is 0 Å². The second kappa shape index (κ2) is 5.81. The minimum absolute atomic E-state index is 0.00397. The van der Waals surface area contributed by atoms with Crippen molar-refractivity contribution in [3.05, 3.63) is 45.6 Å². The Morgan fingerprint density at radius 2 is 2.00 bits per heavy atom. The number of nitro benzene ring substituents is 1. The van der Waals surface area contributed by atoms with Gasteiger partial charge < -0.3 is 10.5 Å². The second-order valence-electron chi connectivity index (χ2n) is 3.62. The Morgan fingerprint density at radius 1 is 1.44 bits per heavy atom. The van der Waals surface area contributed by atoms with Gasteiger partial charge in [0.2, 0.25) is 5.90 Å². The van der Waals surface area contributed by atoms with Gasteiger partial charge in [0.15, 0.2) is 0 Å². The van der Waals surface area contributed by atoms with Gasteiger partial charge in [0.1, 0.15) is 0 Å². The van der Waals surface area contributed by atoms with Gasteiger partial charge in [-0.05, 0) is 31.5 Å². The third kappa shape index (κ3) is 3.07. The SMILES string of the molecule is CCOC(=N)C(=C(C)N)c1ccc([N+](=O)[O-])cc1. The Morgan fingerprint density at radius 3 is 2.39 bits per heavy atom. The van der Waals surface area contributed by atoms with Gasteiger partial charge in [0.25, 0.3) is 5.69 Å². The molecular weight excluding hydrogens is 234 g/mol. The van der Waals surface area contributed by atoms with E-state index in [-0.39, 0.29) is 11.6 Å². The summed E-state index contributed by atoms with van der Waals surface area (Å²) in [7, 11) is 0. The van der Waals surface area contributed by atoms with Crippen LogP contribution in [0.25, 0.3) is 5.57 Å². The van der Waals surface area contributed by atoms with E-state index in [0.29, 0.717) is 23.4 Å². The van der Waals surface area contributed by atoms with Crippen molar-refractivity contribution in [1.82, 2.24) is 0 Å². The summed E-state index contributed by atoms with van der Waals surface area (Å²) in [4.78, 5) is 10.1. The van der Waals surface area contributed by atoms with Gasteiger partial charge >= 0.3 is 0 Å². The Kier molecular flexibility index (Phi) is 4.42. The van der Waals surface area contributed by atoms with Crippen LogP contribution in [0.1, 0.15) is 19.4 Å². The maximum atomic E-state index is 10.6. The van der Waals surface area contributed by atoms with Crippen molar-refractivity contribution in [2.75, 3.05) is 6.61 Å². The standard InChI is InChI=1S/C12H15N3O3/c1-3-18-12(14)11(8(2)13)9-4-6-10(7-5-9)15(16)17/h4-7,14H,3,13H2,1-2H3. The minimum Gasteiger partial charge on any atom is -0.478 e. The van der Waals surface area contributed by atoms with Crippen molar-refractivity contribution < 1.29 is 9.66 Å². The second-order valence-corrected chi connectivity index (χ2v) is 3.62. The predicted molar refractivity (Wildman–Crippen MR) is 69.2 cm³/mol. The fourth-order valence-corrected chi connectivity index (χ4v) is 1.50. The van der Waals surface area contributed by atoms with Crippen LogP contribution < -0.4 is 5.73 Å². The summed E-state index contributed by atoms with van der Waals surface area (Å²) in [5, 5.41) is 18.3. The average Bonchev–Trinajstić information content (AvgIpc) is 2.29. The molecule has 96 valence electrons. The van der Waals surface area contributed by atoms with Crippen LogP contribution in [0.5, 0.6) is 0 Å². The molecule has 0 bridgehead atoms. The number of hydrogen-bond donors (Lipinski definition) is 2. The normalized spacial score (nSPS) is 11.7. The monoisotopic (exact) mass is 249 g/mol. The summed E-state index contributed by atoms with van der Waals surface area (Å²) < 4.78 is 5.11. The number of rotatable bonds is 4. The third-order valence-electron chi connectivity index (χ3n) is 2.28. The number of ether oxygens (including phenoxy) is 1. The summed E-state index contributed by atoms with van der Waals surface area (Å²) in [5.74, 6) is -0.0358. The number of nitrogens with one attached hydrogen (secondary N) is 1. The molecule has 18 heavy (non-hydrogen) atoms. The number of allylic oxidation sites excluding steroid dienone is 1. The van der Waals surface area contributed by atoms with Gasteiger partial charge in [-0.1, -0.05) is 0 Å². The van der Waals surface area contributed by atoms with Gasteiger partial charge in [0, 0.05) is 17.8 Å². The molecule has 0 fully saturated rings. The highest BCUT2D eigenvalue weighted by molar-refractivity contribution is 6.18. The lowest BCUT2D eigenvalue weighted by molar-refractivity contribution is -0.384. The van der Waals surface area contributed by atoms with E-state index >= 15 is 0 Å². The molecule has 0 saturated heterocycles. The lowest BCUT2D eigenvalue weighted by Crippen LogP contribution is -2.11. The van der Waals surface area contributed by atoms with Crippen LogP contribution in [0.3, 0.4) is 0 Å². The van der Waals surface area contributed by atoms with Crippen LogP contribution >= 0.6 is 0 Å². The van der Waals surface area contributed by atoms with Crippen LogP contribution in [0, 0.1) is 15.5 Å². The molecule has 1 aromatic rings. The van der Waals surface area contributed by atoms with E-state index < -0.39 is 4.92 Å². The highest BCUT2D eigenvalue weighted by Crippen LogP contribution is 2.21. The van der Waals surface area contributed by atoms with E-state index in [4.69, 9.17) is 15.9 Å². The quantitative estimate of drug-likeness (QED) is 0.370. The van der Waals surface area contributed by atoms with Crippen LogP contribution in [-0.4, -0.2) is 17.4 Å². The maximum absolute atomic E-state index is 10.6. The lowest BCUT2D eigenvalue weighted by Gasteiger charge is -2.11. The van der Waals surface area contributed by atoms with Crippen molar-refractivity contribution >= 4 is 17.2 Å². The zero-order chi connectivity index (χ0) is 13.7. The number of non-ortho nitro benzene ring substituents is 1. The highest BCUT2D eigenvalue weighted by Gasteiger charge is 2.13. The fraction of sp³-hybridized carbons (Fsp3) is 0.250. The molecule has 0 radical (unpaired) electrons. The summed E-state index contributed by atoms with van der Waals surface area (Å²) in [6.07, 6.45) is 0. The molecule has 0 atom stereocenters. The van der Waals surface area contributed by atoms with Gasteiger partial charge in [-0.25, -0.2) is 0 Å². The summed E-state index contributed by atoms with van der Waals surface area (Å²) in [6, 6.07) is 5.85. The number of benzene rings is 1. The molecule has 0 saturated carbocycles. The molecule has 1 rings (SSSR count). The van der Waals surface area contributed by atoms with Crippen LogP contribution in [0.4, 0.5) is 5.69 Å². The molecule has 0 heterocycles. The summed E-state index contributed by atoms with van der Waals surface area (Å²) in [6.45, 7) is 3.79. The first-order valence-corrected chi connectivity index (χ1v) is 5.40. The lowest BCUT2D eigenvalue weighted by atomic mass is 10.0. The molecule has 0 aliphatic rings. The molecular formula is C12H15N3O3. The molecule has 3 N–H and O–H groups in total. The molecule has 6 nitrogen and oxygen atoms in total. The van der Waals surface area contributed by atoms with Crippen LogP contribution in [-0.2, 0) is 4.74 Å². The molecule has 0 amide bonds. The Bertz CT molecular complexity index is 488. The molecule has 1 aromatic carbocycles. The van der Waals surface area contributed by atoms with E-state index in [1.807, 2.05) is 0 Å². The average molecular weight is 249 g/mol. The zero-order valence-corrected chi connectivity index (χ0v) is 10.3. The first-order chi connectivity index (χ1) is 8.47.